The second-order valence-electron chi connectivity index (χ2n) is 3.82. The van der Waals surface area contributed by atoms with Gasteiger partial charge in [-0.1, -0.05) is 12.8 Å². The molecule has 0 atom stereocenters. The van der Waals surface area contributed by atoms with Crippen molar-refractivity contribution in [1.29, 1.82) is 0 Å². The third-order valence-electron chi connectivity index (χ3n) is 3.00. The molecule has 0 unspecified atom stereocenters. The summed E-state index contributed by atoms with van der Waals surface area (Å²) in [6.45, 7) is 0.795. The lowest BCUT2D eigenvalue weighted by Gasteiger charge is -2.35. The molecule has 1 fully saturated rings. The van der Waals surface area contributed by atoms with Crippen LogP contribution in [-0.4, -0.2) is 37.5 Å². The van der Waals surface area contributed by atoms with E-state index in [4.69, 9.17) is 0 Å². The Hall–Kier alpha value is -0.570. The van der Waals surface area contributed by atoms with Crippen LogP contribution in [0.5, 0.6) is 0 Å². The highest BCUT2D eigenvalue weighted by Gasteiger charge is 2.35. The molecule has 1 N–H and O–H groups in total. The van der Waals surface area contributed by atoms with E-state index in [1.807, 2.05) is 0 Å². The Morgan fingerprint density at radius 3 is 2.42 bits per heavy atom. The standard InChI is InChI=1S/C9H18N2O/c1-11(2)9(7-10-8-12)5-3-4-6-9/h8H,3-7H2,1-2H3,(H,10,12). The fourth-order valence-corrected chi connectivity index (χ4v) is 2.05. The number of nitrogens with zero attached hydrogens (tertiary/aromatic N) is 1. The van der Waals surface area contributed by atoms with Crippen LogP contribution >= 0.6 is 0 Å². The van der Waals surface area contributed by atoms with Crippen molar-refractivity contribution in [1.82, 2.24) is 10.2 Å². The van der Waals surface area contributed by atoms with E-state index in [1.54, 1.807) is 0 Å². The average Bonchev–Trinajstić information content (AvgIpc) is 2.50. The average molecular weight is 170 g/mol. The van der Waals surface area contributed by atoms with Gasteiger partial charge in [0.1, 0.15) is 0 Å². The number of amides is 1. The molecule has 3 nitrogen and oxygen atoms in total. The zero-order valence-corrected chi connectivity index (χ0v) is 7.97. The van der Waals surface area contributed by atoms with Crippen molar-refractivity contribution in [3.63, 3.8) is 0 Å². The topological polar surface area (TPSA) is 32.3 Å². The molecule has 0 aliphatic heterocycles. The molecular formula is C9H18N2O. The Morgan fingerprint density at radius 2 is 2.00 bits per heavy atom. The van der Waals surface area contributed by atoms with Crippen LogP contribution in [0.3, 0.4) is 0 Å². The summed E-state index contributed by atoms with van der Waals surface area (Å²) in [7, 11) is 4.19. The zero-order valence-electron chi connectivity index (χ0n) is 7.97. The lowest BCUT2D eigenvalue weighted by molar-refractivity contribution is -0.110. The largest absolute Gasteiger partial charge is 0.357 e. The highest BCUT2D eigenvalue weighted by molar-refractivity contribution is 5.46. The molecule has 12 heavy (non-hydrogen) atoms. The molecule has 1 amide bonds. The number of hydrogen-bond acceptors (Lipinski definition) is 2. The number of likely N-dealkylation sites (N-methyl/N-ethyl adjacent to an activating group) is 1. The molecule has 3 heteroatoms. The lowest BCUT2D eigenvalue weighted by Crippen LogP contribution is -2.49. The van der Waals surface area contributed by atoms with Crippen LogP contribution in [0, 0.1) is 0 Å². The molecule has 0 heterocycles. The van der Waals surface area contributed by atoms with Gasteiger partial charge in [-0.2, -0.15) is 0 Å². The molecule has 0 radical (unpaired) electrons. The molecule has 0 aromatic heterocycles. The summed E-state index contributed by atoms with van der Waals surface area (Å²) in [6.07, 6.45) is 5.79. The SMILES string of the molecule is CN(C)C1(CNC=O)CCCC1. The van der Waals surface area contributed by atoms with Crippen molar-refractivity contribution in [3.8, 4) is 0 Å². The van der Waals surface area contributed by atoms with E-state index in [0.717, 1.165) is 13.0 Å². The number of carbonyl (C=O) groups excluding carboxylic acids is 1. The Kier molecular flexibility index (Phi) is 3.09. The van der Waals surface area contributed by atoms with Gasteiger partial charge in [0, 0.05) is 12.1 Å². The fourth-order valence-electron chi connectivity index (χ4n) is 2.05. The van der Waals surface area contributed by atoms with Gasteiger partial charge in [0.15, 0.2) is 0 Å². The lowest BCUT2D eigenvalue weighted by atomic mass is 9.96. The molecule has 0 aromatic carbocycles. The van der Waals surface area contributed by atoms with Crippen LogP contribution < -0.4 is 5.32 Å². The second kappa shape index (κ2) is 3.90. The Labute approximate surface area is 74.1 Å². The Morgan fingerprint density at radius 1 is 1.42 bits per heavy atom. The van der Waals surface area contributed by atoms with Gasteiger partial charge in [0.05, 0.1) is 0 Å². The van der Waals surface area contributed by atoms with Gasteiger partial charge in [0.25, 0.3) is 0 Å². The number of rotatable bonds is 4. The number of carbonyl (C=O) groups is 1. The van der Waals surface area contributed by atoms with Crippen LogP contribution in [-0.2, 0) is 4.79 Å². The van der Waals surface area contributed by atoms with Crippen molar-refractivity contribution in [2.24, 2.45) is 0 Å². The maximum absolute atomic E-state index is 10.2. The second-order valence-corrected chi connectivity index (χ2v) is 3.82. The van der Waals surface area contributed by atoms with E-state index in [2.05, 4.69) is 24.3 Å². The van der Waals surface area contributed by atoms with Crippen LogP contribution in [0.25, 0.3) is 0 Å². The smallest absolute Gasteiger partial charge is 0.207 e. The van der Waals surface area contributed by atoms with Gasteiger partial charge >= 0.3 is 0 Å². The van der Waals surface area contributed by atoms with Crippen LogP contribution in [0.4, 0.5) is 0 Å². The summed E-state index contributed by atoms with van der Waals surface area (Å²) in [5, 5.41) is 2.79. The highest BCUT2D eigenvalue weighted by atomic mass is 16.1. The minimum absolute atomic E-state index is 0.237. The molecule has 0 spiro atoms. The van der Waals surface area contributed by atoms with Gasteiger partial charge < -0.3 is 10.2 Å². The molecule has 1 aliphatic rings. The Balaban J connectivity index is 2.52. The van der Waals surface area contributed by atoms with Crippen molar-refractivity contribution in [2.75, 3.05) is 20.6 Å². The van der Waals surface area contributed by atoms with Gasteiger partial charge in [-0.3, -0.25) is 4.79 Å². The van der Waals surface area contributed by atoms with E-state index < -0.39 is 0 Å². The van der Waals surface area contributed by atoms with Crippen molar-refractivity contribution >= 4 is 6.41 Å². The molecular weight excluding hydrogens is 152 g/mol. The first-order valence-electron chi connectivity index (χ1n) is 4.56. The van der Waals surface area contributed by atoms with E-state index in [0.29, 0.717) is 0 Å². The number of nitrogens with one attached hydrogen (secondary N) is 1. The molecule has 0 aromatic rings. The van der Waals surface area contributed by atoms with Crippen LogP contribution in [0.1, 0.15) is 25.7 Å². The van der Waals surface area contributed by atoms with Gasteiger partial charge in [-0.15, -0.1) is 0 Å². The minimum Gasteiger partial charge on any atom is -0.357 e. The normalized spacial score (nSPS) is 21.2. The summed E-state index contributed by atoms with van der Waals surface area (Å²) < 4.78 is 0. The minimum atomic E-state index is 0.237. The summed E-state index contributed by atoms with van der Waals surface area (Å²) in [5.74, 6) is 0. The van der Waals surface area contributed by atoms with Crippen LogP contribution in [0.15, 0.2) is 0 Å². The van der Waals surface area contributed by atoms with E-state index in [9.17, 15) is 4.79 Å². The first-order valence-corrected chi connectivity index (χ1v) is 4.56. The van der Waals surface area contributed by atoms with Gasteiger partial charge in [-0.25, -0.2) is 0 Å². The summed E-state index contributed by atoms with van der Waals surface area (Å²) in [4.78, 5) is 12.4. The third kappa shape index (κ3) is 1.78. The molecule has 70 valence electrons. The fraction of sp³-hybridized carbons (Fsp3) is 0.889. The first-order chi connectivity index (χ1) is 5.71. The zero-order chi connectivity index (χ0) is 9.03. The predicted octanol–water partition coefficient (Wildman–Crippen LogP) is 0.607. The molecule has 1 aliphatic carbocycles. The van der Waals surface area contributed by atoms with E-state index >= 15 is 0 Å². The molecule has 0 saturated heterocycles. The van der Waals surface area contributed by atoms with Crippen molar-refractivity contribution in [2.45, 2.75) is 31.2 Å². The Bertz CT molecular complexity index is 151. The molecule has 1 rings (SSSR count). The van der Waals surface area contributed by atoms with Gasteiger partial charge in [0.2, 0.25) is 6.41 Å². The summed E-state index contributed by atoms with van der Waals surface area (Å²) in [5.41, 5.74) is 0.237. The summed E-state index contributed by atoms with van der Waals surface area (Å²) >= 11 is 0. The maximum atomic E-state index is 10.2. The highest BCUT2D eigenvalue weighted by Crippen LogP contribution is 2.32. The van der Waals surface area contributed by atoms with Crippen molar-refractivity contribution < 1.29 is 4.79 Å². The predicted molar refractivity (Wildman–Crippen MR) is 49.0 cm³/mol. The van der Waals surface area contributed by atoms with Gasteiger partial charge in [-0.05, 0) is 26.9 Å². The first kappa shape index (κ1) is 9.52. The number of hydrogen-bond donors (Lipinski definition) is 1. The maximum Gasteiger partial charge on any atom is 0.207 e. The van der Waals surface area contributed by atoms with Crippen molar-refractivity contribution in [3.05, 3.63) is 0 Å². The third-order valence-corrected chi connectivity index (χ3v) is 3.00. The van der Waals surface area contributed by atoms with E-state index in [1.165, 1.54) is 25.7 Å². The molecule has 1 saturated carbocycles. The summed E-state index contributed by atoms with van der Waals surface area (Å²) in [6, 6.07) is 0. The van der Waals surface area contributed by atoms with Crippen LogP contribution in [0.2, 0.25) is 0 Å². The van der Waals surface area contributed by atoms with E-state index in [-0.39, 0.29) is 5.54 Å². The molecule has 0 bridgehead atoms. The quantitative estimate of drug-likeness (QED) is 0.627. The monoisotopic (exact) mass is 170 g/mol.